The lowest BCUT2D eigenvalue weighted by Gasteiger charge is -2.32. The first kappa shape index (κ1) is 28.1. The van der Waals surface area contributed by atoms with Crippen molar-refractivity contribution in [3.05, 3.63) is 102 Å². The molecule has 0 radical (unpaired) electrons. The Balaban J connectivity index is 1.93. The highest BCUT2D eigenvalue weighted by atomic mass is 32.2. The average molecular weight is 522 g/mol. The first-order chi connectivity index (χ1) is 17.7. The Bertz CT molecular complexity index is 1260. The van der Waals surface area contributed by atoms with Gasteiger partial charge in [-0.3, -0.25) is 9.59 Å². The van der Waals surface area contributed by atoms with Crippen LogP contribution in [0.25, 0.3) is 0 Å². The van der Waals surface area contributed by atoms with Crippen LogP contribution in [-0.4, -0.2) is 55.6 Å². The zero-order chi connectivity index (χ0) is 26.8. The Morgan fingerprint density at radius 1 is 0.865 bits per heavy atom. The number of sulfonamides is 1. The van der Waals surface area contributed by atoms with Crippen LogP contribution in [0.15, 0.2) is 89.8 Å². The van der Waals surface area contributed by atoms with Crippen molar-refractivity contribution >= 4 is 21.8 Å². The van der Waals surface area contributed by atoms with Gasteiger partial charge in [0, 0.05) is 26.6 Å². The van der Waals surface area contributed by atoms with E-state index in [4.69, 9.17) is 0 Å². The number of rotatable bonds is 12. The van der Waals surface area contributed by atoms with E-state index in [1.807, 2.05) is 74.5 Å². The van der Waals surface area contributed by atoms with Gasteiger partial charge in [-0.2, -0.15) is 4.31 Å². The van der Waals surface area contributed by atoms with Crippen molar-refractivity contribution in [2.45, 2.75) is 44.2 Å². The van der Waals surface area contributed by atoms with Crippen molar-refractivity contribution < 1.29 is 18.0 Å². The summed E-state index contributed by atoms with van der Waals surface area (Å²) in [6.45, 7) is 4.11. The van der Waals surface area contributed by atoms with E-state index in [1.54, 1.807) is 12.1 Å². The lowest BCUT2D eigenvalue weighted by molar-refractivity contribution is -0.141. The molecule has 8 heteroatoms. The van der Waals surface area contributed by atoms with E-state index in [1.165, 1.54) is 24.1 Å². The molecule has 7 nitrogen and oxygen atoms in total. The van der Waals surface area contributed by atoms with Gasteiger partial charge in [-0.1, -0.05) is 85.3 Å². The van der Waals surface area contributed by atoms with Crippen molar-refractivity contribution in [3.63, 3.8) is 0 Å². The van der Waals surface area contributed by atoms with Crippen LogP contribution in [0, 0.1) is 6.92 Å². The Morgan fingerprint density at radius 2 is 1.43 bits per heavy atom. The van der Waals surface area contributed by atoms with E-state index >= 15 is 0 Å². The van der Waals surface area contributed by atoms with Crippen molar-refractivity contribution in [3.8, 4) is 0 Å². The molecule has 0 aliphatic heterocycles. The summed E-state index contributed by atoms with van der Waals surface area (Å²) in [5.41, 5.74) is 2.69. The van der Waals surface area contributed by atoms with E-state index in [0.29, 0.717) is 13.0 Å². The SMILES string of the molecule is CCCNC(=O)[C@H](Cc1ccccc1)N(Cc1ccccc1)C(=O)CN(C)S(=O)(=O)c1ccc(C)cc1. The highest BCUT2D eigenvalue weighted by molar-refractivity contribution is 7.89. The van der Waals surface area contributed by atoms with Gasteiger partial charge in [0.05, 0.1) is 11.4 Å². The summed E-state index contributed by atoms with van der Waals surface area (Å²) in [6.07, 6.45) is 1.07. The fourth-order valence-electron chi connectivity index (χ4n) is 3.96. The molecule has 0 saturated carbocycles. The van der Waals surface area contributed by atoms with E-state index in [9.17, 15) is 18.0 Å². The molecule has 0 fully saturated rings. The second-order valence-corrected chi connectivity index (χ2v) is 11.1. The molecular weight excluding hydrogens is 486 g/mol. The molecule has 37 heavy (non-hydrogen) atoms. The predicted molar refractivity (Wildman–Crippen MR) is 145 cm³/mol. The largest absolute Gasteiger partial charge is 0.354 e. The maximum absolute atomic E-state index is 13.7. The van der Waals surface area contributed by atoms with Gasteiger partial charge in [-0.15, -0.1) is 0 Å². The van der Waals surface area contributed by atoms with Gasteiger partial charge in [0.2, 0.25) is 21.8 Å². The van der Waals surface area contributed by atoms with Gasteiger partial charge in [-0.25, -0.2) is 8.42 Å². The highest BCUT2D eigenvalue weighted by Gasteiger charge is 2.32. The molecule has 2 amide bonds. The molecule has 3 aromatic carbocycles. The van der Waals surface area contributed by atoms with Gasteiger partial charge >= 0.3 is 0 Å². The van der Waals surface area contributed by atoms with Crippen LogP contribution in [0.2, 0.25) is 0 Å². The van der Waals surface area contributed by atoms with Gasteiger partial charge in [0.25, 0.3) is 0 Å². The minimum absolute atomic E-state index is 0.115. The van der Waals surface area contributed by atoms with Gasteiger partial charge < -0.3 is 10.2 Å². The summed E-state index contributed by atoms with van der Waals surface area (Å²) in [5.74, 6) is -0.714. The first-order valence-electron chi connectivity index (χ1n) is 12.4. The number of nitrogens with zero attached hydrogens (tertiary/aromatic N) is 2. The number of amides is 2. The number of benzene rings is 3. The second kappa shape index (κ2) is 13.2. The molecular formula is C29H35N3O4S. The third kappa shape index (κ3) is 7.74. The minimum atomic E-state index is -3.89. The van der Waals surface area contributed by atoms with Crippen molar-refractivity contribution in [2.24, 2.45) is 0 Å². The average Bonchev–Trinajstić information content (AvgIpc) is 2.90. The van der Waals surface area contributed by atoms with Crippen molar-refractivity contribution in [1.29, 1.82) is 0 Å². The first-order valence-corrected chi connectivity index (χ1v) is 13.8. The van der Waals surface area contributed by atoms with Crippen LogP contribution in [0.1, 0.15) is 30.0 Å². The molecule has 0 heterocycles. The molecule has 0 saturated heterocycles. The molecule has 0 aromatic heterocycles. The van der Waals surface area contributed by atoms with E-state index in [-0.39, 0.29) is 17.3 Å². The number of likely N-dealkylation sites (N-methyl/N-ethyl adjacent to an activating group) is 1. The molecule has 0 unspecified atom stereocenters. The fraction of sp³-hybridized carbons (Fsp3) is 0.310. The molecule has 0 spiro atoms. The quantitative estimate of drug-likeness (QED) is 0.393. The molecule has 3 aromatic rings. The monoisotopic (exact) mass is 521 g/mol. The maximum atomic E-state index is 13.7. The molecule has 3 rings (SSSR count). The van der Waals surface area contributed by atoms with Crippen LogP contribution in [0.4, 0.5) is 0 Å². The number of aryl methyl sites for hydroxylation is 1. The molecule has 0 aliphatic carbocycles. The number of hydrogen-bond donors (Lipinski definition) is 1. The second-order valence-electron chi connectivity index (χ2n) is 9.08. The Morgan fingerprint density at radius 3 is 2.00 bits per heavy atom. The van der Waals surface area contributed by atoms with Crippen LogP contribution in [0.3, 0.4) is 0 Å². The van der Waals surface area contributed by atoms with Gasteiger partial charge in [0.1, 0.15) is 6.04 Å². The van der Waals surface area contributed by atoms with E-state index < -0.39 is 28.5 Å². The maximum Gasteiger partial charge on any atom is 0.243 e. The van der Waals surface area contributed by atoms with Crippen LogP contribution < -0.4 is 5.32 Å². The van der Waals surface area contributed by atoms with Crippen LogP contribution in [-0.2, 0) is 32.6 Å². The van der Waals surface area contributed by atoms with Crippen molar-refractivity contribution in [2.75, 3.05) is 20.1 Å². The van der Waals surface area contributed by atoms with Crippen LogP contribution >= 0.6 is 0 Å². The summed E-state index contributed by atoms with van der Waals surface area (Å²) in [5, 5.41) is 2.92. The Kier molecular flexibility index (Phi) is 10.00. The summed E-state index contributed by atoms with van der Waals surface area (Å²) in [4.78, 5) is 28.7. The van der Waals surface area contributed by atoms with Gasteiger partial charge in [0.15, 0.2) is 0 Å². The van der Waals surface area contributed by atoms with Gasteiger partial charge in [-0.05, 0) is 36.6 Å². The molecule has 0 bridgehead atoms. The van der Waals surface area contributed by atoms with Crippen molar-refractivity contribution in [1.82, 2.24) is 14.5 Å². The fourth-order valence-corrected chi connectivity index (χ4v) is 5.08. The highest BCUT2D eigenvalue weighted by Crippen LogP contribution is 2.18. The summed E-state index contributed by atoms with van der Waals surface area (Å²) in [6, 6.07) is 24.6. The zero-order valence-electron chi connectivity index (χ0n) is 21.6. The van der Waals surface area contributed by atoms with Crippen LogP contribution in [0.5, 0.6) is 0 Å². The molecule has 1 atom stereocenters. The minimum Gasteiger partial charge on any atom is -0.354 e. The predicted octanol–water partition coefficient (Wildman–Crippen LogP) is 3.78. The standard InChI is InChI=1S/C29H35N3O4S/c1-4-19-30-29(34)27(20-24-11-7-5-8-12-24)32(21-25-13-9-6-10-14-25)28(33)22-31(3)37(35,36)26-17-15-23(2)16-18-26/h5-18,27H,4,19-22H2,1-3H3,(H,30,34)/t27-/m0/s1. The lowest BCUT2D eigenvalue weighted by Crippen LogP contribution is -2.53. The normalized spacial score (nSPS) is 12.2. The number of nitrogens with one attached hydrogen (secondary N) is 1. The molecule has 0 aliphatic rings. The number of carbonyl (C=O) groups is 2. The van der Waals surface area contributed by atoms with E-state index in [2.05, 4.69) is 5.32 Å². The summed E-state index contributed by atoms with van der Waals surface area (Å²) >= 11 is 0. The Labute approximate surface area is 220 Å². The molecule has 1 N–H and O–H groups in total. The summed E-state index contributed by atoms with van der Waals surface area (Å²) in [7, 11) is -2.50. The third-order valence-electron chi connectivity index (χ3n) is 6.10. The number of carbonyl (C=O) groups excluding carboxylic acids is 2. The molecule has 196 valence electrons. The lowest BCUT2D eigenvalue weighted by atomic mass is 10.0. The Hall–Kier alpha value is -3.49. The third-order valence-corrected chi connectivity index (χ3v) is 7.92. The number of hydrogen-bond acceptors (Lipinski definition) is 4. The topological polar surface area (TPSA) is 86.8 Å². The van der Waals surface area contributed by atoms with E-state index in [0.717, 1.165) is 27.4 Å². The zero-order valence-corrected chi connectivity index (χ0v) is 22.4. The summed E-state index contributed by atoms with van der Waals surface area (Å²) < 4.78 is 27.4. The smallest absolute Gasteiger partial charge is 0.243 e.